The zero-order valence-electron chi connectivity index (χ0n) is 8.41. The third-order valence-corrected chi connectivity index (χ3v) is 3.27. The van der Waals surface area contributed by atoms with Gasteiger partial charge in [-0.1, -0.05) is 26.0 Å². The summed E-state index contributed by atoms with van der Waals surface area (Å²) in [5.41, 5.74) is 1.22. The van der Waals surface area contributed by atoms with Crippen LogP contribution in [-0.2, 0) is 9.52 Å². The van der Waals surface area contributed by atoms with Crippen molar-refractivity contribution in [1.82, 2.24) is 0 Å². The molecule has 0 fully saturated rings. The quantitative estimate of drug-likeness (QED) is 0.664. The smallest absolute Gasteiger partial charge is 0.0305 e. The molecule has 1 unspecified atom stereocenters. The Kier molecular flexibility index (Phi) is 2.81. The summed E-state index contributed by atoms with van der Waals surface area (Å²) in [5, 5.41) is 0. The van der Waals surface area contributed by atoms with Crippen molar-refractivity contribution in [3.8, 4) is 0 Å². The van der Waals surface area contributed by atoms with Gasteiger partial charge in [-0.2, -0.15) is 0 Å². The van der Waals surface area contributed by atoms with E-state index in [-0.39, 0.29) is 0 Å². The van der Waals surface area contributed by atoms with Gasteiger partial charge in [0, 0.05) is 11.2 Å². The molecule has 0 aliphatic rings. The van der Waals surface area contributed by atoms with Gasteiger partial charge in [-0.05, 0) is 39.0 Å². The summed E-state index contributed by atoms with van der Waals surface area (Å²) in [6.45, 7) is 4.25. The summed E-state index contributed by atoms with van der Waals surface area (Å²) in [6.07, 6.45) is 1.67. The van der Waals surface area contributed by atoms with Gasteiger partial charge < -0.3 is 0 Å². The lowest BCUT2D eigenvalue weighted by Crippen LogP contribution is -1.98. The summed E-state index contributed by atoms with van der Waals surface area (Å²) in [7, 11) is -2.06. The average Bonchev–Trinajstić information content (AvgIpc) is 2.03. The monoisotopic (exact) mass is 196 g/mol. The number of rotatable bonds is 2. The van der Waals surface area contributed by atoms with Crippen LogP contribution in [0.25, 0.3) is 0 Å². The van der Waals surface area contributed by atoms with Crippen LogP contribution in [-0.4, -0.2) is 16.3 Å². The molecule has 0 heterocycles. The second-order valence-corrected chi connectivity index (χ2v) is 6.21. The first-order valence-electron chi connectivity index (χ1n) is 4.33. The van der Waals surface area contributed by atoms with Crippen LogP contribution in [0.15, 0.2) is 29.2 Å². The molecular weight excluding hydrogens is 180 g/mol. The Morgan fingerprint density at radius 2 is 2.00 bits per heavy atom. The molecule has 0 spiro atoms. The van der Waals surface area contributed by atoms with Gasteiger partial charge in [-0.3, -0.25) is 4.21 Å². The van der Waals surface area contributed by atoms with Gasteiger partial charge in [0.1, 0.15) is 0 Å². The molecule has 72 valence electrons. The second kappa shape index (κ2) is 3.54. The highest BCUT2D eigenvalue weighted by Gasteiger charge is 2.03. The second-order valence-electron chi connectivity index (χ2n) is 3.73. The Labute approximate surface area is 80.8 Å². The highest BCUT2D eigenvalue weighted by molar-refractivity contribution is 7.99. The van der Waals surface area contributed by atoms with Crippen LogP contribution in [0.2, 0.25) is 0 Å². The Balaban J connectivity index is 3.21. The Hall–Kier alpha value is -0.760. The number of benzene rings is 1. The first kappa shape index (κ1) is 10.3. The van der Waals surface area contributed by atoms with Gasteiger partial charge in [-0.15, -0.1) is 0 Å². The molecular formula is C11H16OS. The van der Waals surface area contributed by atoms with Crippen LogP contribution in [0, 0.1) is 0 Å². The molecule has 2 heteroatoms. The fourth-order valence-electron chi connectivity index (χ4n) is 1.14. The molecule has 1 aromatic rings. The molecule has 13 heavy (non-hydrogen) atoms. The van der Waals surface area contributed by atoms with Gasteiger partial charge in [-0.25, -0.2) is 0 Å². The van der Waals surface area contributed by atoms with Crippen LogP contribution in [0.4, 0.5) is 0 Å². The van der Waals surface area contributed by atoms with E-state index in [1.807, 2.05) is 18.2 Å². The molecule has 0 aliphatic heterocycles. The summed E-state index contributed by atoms with van der Waals surface area (Å²) in [4.78, 5) is 0.846. The van der Waals surface area contributed by atoms with Crippen LogP contribution >= 0.6 is 0 Å². The zero-order valence-corrected chi connectivity index (χ0v) is 9.23. The predicted molar refractivity (Wildman–Crippen MR) is 60.0 cm³/mol. The minimum Gasteiger partial charge on any atom is -0.263 e. The van der Waals surface area contributed by atoms with E-state index in [9.17, 15) is 4.21 Å². The van der Waals surface area contributed by atoms with E-state index < -0.39 is 9.52 Å². The lowest BCUT2D eigenvalue weighted by atomic mass is 10.0. The Morgan fingerprint density at radius 3 is 2.46 bits per heavy atom. The van der Waals surface area contributed by atoms with Crippen LogP contribution < -0.4 is 0 Å². The van der Waals surface area contributed by atoms with Crippen molar-refractivity contribution >= 4 is 15.4 Å². The van der Waals surface area contributed by atoms with E-state index in [2.05, 4.69) is 25.8 Å². The highest BCUT2D eigenvalue weighted by atomic mass is 32.2. The van der Waals surface area contributed by atoms with Crippen molar-refractivity contribution in [2.45, 2.75) is 24.7 Å². The standard InChI is InChI=1S/C11H16OS/c1-9(2)10-6-5-7-11(8-10)13(3,4)12/h5-9H,3H2,1-2,4H3. The Morgan fingerprint density at radius 1 is 1.38 bits per heavy atom. The molecule has 0 saturated carbocycles. The molecule has 1 rings (SSSR count). The van der Waals surface area contributed by atoms with E-state index in [0.29, 0.717) is 5.92 Å². The summed E-state index contributed by atoms with van der Waals surface area (Å²) >= 11 is 0. The van der Waals surface area contributed by atoms with Crippen LogP contribution in [0.3, 0.4) is 0 Å². The third-order valence-electron chi connectivity index (χ3n) is 2.02. The molecule has 0 radical (unpaired) electrons. The zero-order chi connectivity index (χ0) is 10.1. The Bertz CT molecular complexity index is 388. The maximum Gasteiger partial charge on any atom is 0.0305 e. The van der Waals surface area contributed by atoms with Crippen molar-refractivity contribution in [3.05, 3.63) is 29.8 Å². The predicted octanol–water partition coefficient (Wildman–Crippen LogP) is 2.52. The van der Waals surface area contributed by atoms with Gasteiger partial charge in [0.2, 0.25) is 0 Å². The molecule has 0 bridgehead atoms. The summed E-state index contributed by atoms with van der Waals surface area (Å²) in [6, 6.07) is 7.86. The largest absolute Gasteiger partial charge is 0.263 e. The van der Waals surface area contributed by atoms with Crippen molar-refractivity contribution in [1.29, 1.82) is 0 Å². The first-order valence-corrected chi connectivity index (χ1v) is 6.47. The summed E-state index contributed by atoms with van der Waals surface area (Å²) < 4.78 is 11.7. The fraction of sp³-hybridized carbons (Fsp3) is 0.364. The molecule has 0 N–H and O–H groups in total. The SMILES string of the molecule is C=S(C)(=O)c1cccc(C(C)C)c1. The van der Waals surface area contributed by atoms with E-state index in [1.165, 1.54) is 5.56 Å². The van der Waals surface area contributed by atoms with Gasteiger partial charge in [0.15, 0.2) is 0 Å². The maximum absolute atomic E-state index is 11.7. The molecule has 1 atom stereocenters. The average molecular weight is 196 g/mol. The normalized spacial score (nSPS) is 15.7. The maximum atomic E-state index is 11.7. The van der Waals surface area contributed by atoms with E-state index in [4.69, 9.17) is 0 Å². The van der Waals surface area contributed by atoms with Crippen LogP contribution in [0.5, 0.6) is 0 Å². The molecule has 0 aliphatic carbocycles. The number of hydrogen-bond acceptors (Lipinski definition) is 1. The summed E-state index contributed by atoms with van der Waals surface area (Å²) in [5.74, 6) is 4.14. The van der Waals surface area contributed by atoms with Crippen molar-refractivity contribution in [3.63, 3.8) is 0 Å². The molecule has 0 saturated heterocycles. The highest BCUT2D eigenvalue weighted by Crippen LogP contribution is 2.18. The lowest BCUT2D eigenvalue weighted by molar-refractivity contribution is 0.684. The minimum atomic E-state index is -2.06. The third kappa shape index (κ3) is 2.59. The topological polar surface area (TPSA) is 17.1 Å². The van der Waals surface area contributed by atoms with Crippen molar-refractivity contribution in [2.24, 2.45) is 0 Å². The van der Waals surface area contributed by atoms with E-state index in [0.717, 1.165) is 4.90 Å². The van der Waals surface area contributed by atoms with Crippen LogP contribution in [0.1, 0.15) is 25.3 Å². The molecule has 0 amide bonds. The van der Waals surface area contributed by atoms with E-state index in [1.54, 1.807) is 6.26 Å². The van der Waals surface area contributed by atoms with Crippen molar-refractivity contribution in [2.75, 3.05) is 6.26 Å². The molecule has 1 nitrogen and oxygen atoms in total. The fourth-order valence-corrected chi connectivity index (χ4v) is 1.89. The first-order chi connectivity index (χ1) is 5.91. The molecule has 1 aromatic carbocycles. The van der Waals surface area contributed by atoms with Crippen molar-refractivity contribution < 1.29 is 4.21 Å². The van der Waals surface area contributed by atoms with E-state index >= 15 is 0 Å². The minimum absolute atomic E-state index is 0.474. The molecule has 0 aromatic heterocycles. The van der Waals surface area contributed by atoms with Gasteiger partial charge >= 0.3 is 0 Å². The lowest BCUT2D eigenvalue weighted by Gasteiger charge is -2.08. The van der Waals surface area contributed by atoms with Gasteiger partial charge in [0.25, 0.3) is 0 Å². The number of hydrogen-bond donors (Lipinski definition) is 0. The van der Waals surface area contributed by atoms with Gasteiger partial charge in [0.05, 0.1) is 0 Å².